The Morgan fingerprint density at radius 3 is 2.81 bits per heavy atom. The summed E-state index contributed by atoms with van der Waals surface area (Å²) >= 11 is 11.1. The van der Waals surface area contributed by atoms with Crippen LogP contribution in [0.2, 0.25) is 5.02 Å². The number of aryl methyl sites for hydroxylation is 1. The molecule has 0 aliphatic heterocycles. The number of aromatic nitrogens is 1. The summed E-state index contributed by atoms with van der Waals surface area (Å²) in [6, 6.07) is 14.0. The summed E-state index contributed by atoms with van der Waals surface area (Å²) in [6.07, 6.45) is 0. The molecule has 21 heavy (non-hydrogen) atoms. The fraction of sp³-hybridized carbons (Fsp3) is 0.0625. The molecule has 0 radical (unpaired) electrons. The molecule has 0 amide bonds. The third-order valence-corrected chi connectivity index (χ3v) is 4.71. The Balaban J connectivity index is 1.84. The van der Waals surface area contributed by atoms with Crippen molar-refractivity contribution >= 4 is 49.7 Å². The molecule has 0 saturated heterocycles. The van der Waals surface area contributed by atoms with E-state index in [4.69, 9.17) is 11.6 Å². The van der Waals surface area contributed by atoms with Crippen molar-refractivity contribution in [2.75, 3.05) is 5.32 Å². The number of halogens is 2. The monoisotopic (exact) mass is 378 g/mol. The Bertz CT molecular complexity index is 785. The van der Waals surface area contributed by atoms with Gasteiger partial charge in [-0.05, 0) is 42.8 Å². The third-order valence-electron chi connectivity index (χ3n) is 3.03. The molecule has 0 saturated carbocycles. The molecule has 0 atom stereocenters. The van der Waals surface area contributed by atoms with Crippen molar-refractivity contribution in [3.8, 4) is 11.3 Å². The van der Waals surface area contributed by atoms with E-state index in [9.17, 15) is 0 Å². The zero-order valence-corrected chi connectivity index (χ0v) is 14.4. The van der Waals surface area contributed by atoms with Gasteiger partial charge in [-0.1, -0.05) is 39.7 Å². The van der Waals surface area contributed by atoms with Gasteiger partial charge in [0.2, 0.25) is 0 Å². The molecule has 2 nitrogen and oxygen atoms in total. The number of benzene rings is 2. The fourth-order valence-electron chi connectivity index (χ4n) is 1.96. The van der Waals surface area contributed by atoms with Crippen molar-refractivity contribution in [1.29, 1.82) is 0 Å². The summed E-state index contributed by atoms with van der Waals surface area (Å²) in [5.41, 5.74) is 4.11. The van der Waals surface area contributed by atoms with Crippen LogP contribution in [0.1, 0.15) is 5.56 Å². The van der Waals surface area contributed by atoms with Gasteiger partial charge >= 0.3 is 0 Å². The summed E-state index contributed by atoms with van der Waals surface area (Å²) in [5, 5.41) is 7.01. The predicted molar refractivity (Wildman–Crippen MR) is 94.7 cm³/mol. The van der Waals surface area contributed by atoms with Gasteiger partial charge in [0.25, 0.3) is 0 Å². The first-order valence-electron chi connectivity index (χ1n) is 6.36. The first-order valence-corrected chi connectivity index (χ1v) is 8.41. The normalized spacial score (nSPS) is 10.6. The van der Waals surface area contributed by atoms with Crippen molar-refractivity contribution < 1.29 is 0 Å². The molecule has 1 N–H and O–H groups in total. The van der Waals surface area contributed by atoms with Gasteiger partial charge in [0.15, 0.2) is 5.13 Å². The summed E-state index contributed by atoms with van der Waals surface area (Å²) in [6.45, 7) is 2.00. The number of nitrogens with one attached hydrogen (secondary N) is 1. The lowest BCUT2D eigenvalue weighted by molar-refractivity contribution is 1.37. The highest BCUT2D eigenvalue weighted by Crippen LogP contribution is 2.29. The van der Waals surface area contributed by atoms with E-state index >= 15 is 0 Å². The van der Waals surface area contributed by atoms with Gasteiger partial charge in [0, 0.05) is 26.1 Å². The Hall–Kier alpha value is -1.36. The van der Waals surface area contributed by atoms with Crippen molar-refractivity contribution in [3.05, 3.63) is 62.9 Å². The van der Waals surface area contributed by atoms with Gasteiger partial charge in [-0.15, -0.1) is 11.3 Å². The largest absolute Gasteiger partial charge is 0.332 e. The second-order valence-corrected chi connectivity index (χ2v) is 6.82. The zero-order valence-electron chi connectivity index (χ0n) is 11.2. The van der Waals surface area contributed by atoms with Crippen molar-refractivity contribution in [2.24, 2.45) is 0 Å². The van der Waals surface area contributed by atoms with Crippen molar-refractivity contribution in [3.63, 3.8) is 0 Å². The van der Waals surface area contributed by atoms with Gasteiger partial charge in [0.1, 0.15) is 0 Å². The van der Waals surface area contributed by atoms with Crippen LogP contribution in [0.5, 0.6) is 0 Å². The average Bonchev–Trinajstić information content (AvgIpc) is 2.90. The minimum Gasteiger partial charge on any atom is -0.332 e. The number of hydrogen-bond donors (Lipinski definition) is 1. The van der Waals surface area contributed by atoms with E-state index in [2.05, 4.69) is 32.3 Å². The molecule has 0 unspecified atom stereocenters. The zero-order chi connectivity index (χ0) is 14.8. The van der Waals surface area contributed by atoms with Crippen LogP contribution in [0.15, 0.2) is 52.3 Å². The molecule has 0 aliphatic rings. The highest BCUT2D eigenvalue weighted by Gasteiger charge is 2.06. The topological polar surface area (TPSA) is 24.9 Å². The first kappa shape index (κ1) is 14.6. The van der Waals surface area contributed by atoms with E-state index in [1.54, 1.807) is 11.3 Å². The van der Waals surface area contributed by atoms with Crippen LogP contribution in [0, 0.1) is 6.92 Å². The molecule has 2 aromatic carbocycles. The number of anilines is 2. The Labute approximate surface area is 140 Å². The van der Waals surface area contributed by atoms with Crippen LogP contribution in [0.25, 0.3) is 11.3 Å². The van der Waals surface area contributed by atoms with Crippen molar-refractivity contribution in [2.45, 2.75) is 6.92 Å². The molecule has 3 aromatic rings. The molecule has 1 aromatic heterocycles. The second kappa shape index (κ2) is 6.18. The number of nitrogens with zero attached hydrogens (tertiary/aromatic N) is 1. The summed E-state index contributed by atoms with van der Waals surface area (Å²) < 4.78 is 1.04. The number of thiazole rings is 1. The van der Waals surface area contributed by atoms with Crippen LogP contribution in [0.3, 0.4) is 0 Å². The van der Waals surface area contributed by atoms with E-state index in [1.165, 1.54) is 0 Å². The SMILES string of the molecule is Cc1cc(-c2csc(Nc3cccc(Br)c3)n2)ccc1Cl. The van der Waals surface area contributed by atoms with Crippen LogP contribution in [-0.4, -0.2) is 4.98 Å². The third kappa shape index (κ3) is 3.46. The minimum atomic E-state index is 0.779. The Morgan fingerprint density at radius 2 is 2.05 bits per heavy atom. The second-order valence-electron chi connectivity index (χ2n) is 4.64. The molecule has 106 valence electrons. The minimum absolute atomic E-state index is 0.779. The molecule has 0 fully saturated rings. The molecule has 1 heterocycles. The lowest BCUT2D eigenvalue weighted by Crippen LogP contribution is -1.89. The summed E-state index contributed by atoms with van der Waals surface area (Å²) in [4.78, 5) is 4.63. The first-order chi connectivity index (χ1) is 10.1. The standard InChI is InChI=1S/C16H12BrClN2S/c1-10-7-11(5-6-14(10)18)15-9-21-16(20-15)19-13-4-2-3-12(17)8-13/h2-9H,1H3,(H,19,20). The quantitative estimate of drug-likeness (QED) is 0.579. The summed E-state index contributed by atoms with van der Waals surface area (Å²) in [5.74, 6) is 0. The average molecular weight is 380 g/mol. The fourth-order valence-corrected chi connectivity index (χ4v) is 3.21. The molecule has 0 bridgehead atoms. The summed E-state index contributed by atoms with van der Waals surface area (Å²) in [7, 11) is 0. The van der Waals surface area contributed by atoms with E-state index in [0.717, 1.165) is 37.1 Å². The molecular formula is C16H12BrClN2S. The maximum atomic E-state index is 6.06. The van der Waals surface area contributed by atoms with E-state index < -0.39 is 0 Å². The number of rotatable bonds is 3. The lowest BCUT2D eigenvalue weighted by Gasteiger charge is -2.03. The van der Waals surface area contributed by atoms with Crippen LogP contribution < -0.4 is 5.32 Å². The molecule has 0 aliphatic carbocycles. The van der Waals surface area contributed by atoms with Crippen LogP contribution >= 0.6 is 38.9 Å². The highest BCUT2D eigenvalue weighted by molar-refractivity contribution is 9.10. The lowest BCUT2D eigenvalue weighted by atomic mass is 10.1. The van der Waals surface area contributed by atoms with Gasteiger partial charge in [-0.2, -0.15) is 0 Å². The maximum absolute atomic E-state index is 6.06. The van der Waals surface area contributed by atoms with Gasteiger partial charge < -0.3 is 5.32 Å². The molecule has 5 heteroatoms. The van der Waals surface area contributed by atoms with Crippen LogP contribution in [-0.2, 0) is 0 Å². The van der Waals surface area contributed by atoms with Gasteiger partial charge in [-0.3, -0.25) is 0 Å². The Morgan fingerprint density at radius 1 is 1.19 bits per heavy atom. The van der Waals surface area contributed by atoms with Crippen LogP contribution in [0.4, 0.5) is 10.8 Å². The van der Waals surface area contributed by atoms with E-state index in [-0.39, 0.29) is 0 Å². The smallest absolute Gasteiger partial charge is 0.187 e. The molecule has 0 spiro atoms. The molecular weight excluding hydrogens is 368 g/mol. The van der Waals surface area contributed by atoms with E-state index in [0.29, 0.717) is 0 Å². The van der Waals surface area contributed by atoms with E-state index in [1.807, 2.05) is 48.7 Å². The van der Waals surface area contributed by atoms with Gasteiger partial charge in [-0.25, -0.2) is 4.98 Å². The number of hydrogen-bond acceptors (Lipinski definition) is 3. The maximum Gasteiger partial charge on any atom is 0.187 e. The van der Waals surface area contributed by atoms with Gasteiger partial charge in [0.05, 0.1) is 5.69 Å². The van der Waals surface area contributed by atoms with Crippen molar-refractivity contribution in [1.82, 2.24) is 4.98 Å². The predicted octanol–water partition coefficient (Wildman–Crippen LogP) is 6.28. The molecule has 3 rings (SSSR count). The Kier molecular flexibility index (Phi) is 4.29. The highest BCUT2D eigenvalue weighted by atomic mass is 79.9.